The van der Waals surface area contributed by atoms with Crippen molar-refractivity contribution >= 4 is 17.3 Å². The van der Waals surface area contributed by atoms with Gasteiger partial charge in [0, 0.05) is 42.5 Å². The number of hydrogen-bond donors (Lipinski definition) is 2. The van der Waals surface area contributed by atoms with Crippen LogP contribution in [0.15, 0.2) is 18.2 Å². The Labute approximate surface area is 114 Å². The number of nitrogens with one attached hydrogen (secondary N) is 1. The summed E-state index contributed by atoms with van der Waals surface area (Å²) in [7, 11) is 0. The molecule has 1 aliphatic heterocycles. The Kier molecular flexibility index (Phi) is 4.49. The molecule has 2 atom stereocenters. The lowest BCUT2D eigenvalue weighted by molar-refractivity contribution is 0.259. The molecule has 0 spiro atoms. The van der Waals surface area contributed by atoms with Gasteiger partial charge in [0.15, 0.2) is 0 Å². The van der Waals surface area contributed by atoms with Crippen molar-refractivity contribution in [2.75, 3.05) is 24.6 Å². The Hall–Kier alpha value is -0.770. The minimum absolute atomic E-state index is 0.217. The van der Waals surface area contributed by atoms with E-state index in [0.717, 1.165) is 30.1 Å². The first-order chi connectivity index (χ1) is 8.65. The largest absolute Gasteiger partial charge is 0.396 e. The molecular formula is C14H21ClN2O. The zero-order chi connectivity index (χ0) is 13.1. The molecule has 0 bridgehead atoms. The van der Waals surface area contributed by atoms with Crippen molar-refractivity contribution in [2.45, 2.75) is 32.4 Å². The second-order valence-electron chi connectivity index (χ2n) is 4.96. The molecule has 0 aromatic heterocycles. The normalized spacial score (nSPS) is 24.3. The van der Waals surface area contributed by atoms with Gasteiger partial charge in [0.05, 0.1) is 0 Å². The van der Waals surface area contributed by atoms with Gasteiger partial charge in [-0.05, 0) is 38.0 Å². The Morgan fingerprint density at radius 3 is 2.94 bits per heavy atom. The second kappa shape index (κ2) is 5.91. The topological polar surface area (TPSA) is 35.5 Å². The summed E-state index contributed by atoms with van der Waals surface area (Å²) < 4.78 is 0. The van der Waals surface area contributed by atoms with E-state index in [-0.39, 0.29) is 6.61 Å². The number of anilines is 1. The van der Waals surface area contributed by atoms with Crippen LogP contribution in [-0.4, -0.2) is 36.9 Å². The summed E-state index contributed by atoms with van der Waals surface area (Å²) >= 11 is 6.21. The maximum absolute atomic E-state index is 9.21. The minimum atomic E-state index is 0.217. The lowest BCUT2D eigenvalue weighted by Gasteiger charge is -2.43. The quantitative estimate of drug-likeness (QED) is 0.882. The third kappa shape index (κ3) is 2.63. The summed E-state index contributed by atoms with van der Waals surface area (Å²) in [6, 6.07) is 6.78. The third-order valence-corrected chi connectivity index (χ3v) is 4.08. The first-order valence-electron chi connectivity index (χ1n) is 6.50. The van der Waals surface area contributed by atoms with Gasteiger partial charge in [0.1, 0.15) is 0 Å². The van der Waals surface area contributed by atoms with Crippen molar-refractivity contribution in [1.82, 2.24) is 5.32 Å². The van der Waals surface area contributed by atoms with E-state index in [4.69, 9.17) is 11.6 Å². The van der Waals surface area contributed by atoms with E-state index < -0.39 is 0 Å². The van der Waals surface area contributed by atoms with Gasteiger partial charge in [0.2, 0.25) is 0 Å². The number of rotatable bonds is 3. The predicted molar refractivity (Wildman–Crippen MR) is 76.5 cm³/mol. The van der Waals surface area contributed by atoms with Crippen LogP contribution in [0.1, 0.15) is 18.9 Å². The molecule has 100 valence electrons. The fourth-order valence-electron chi connectivity index (χ4n) is 2.72. The van der Waals surface area contributed by atoms with Crippen LogP contribution in [0.2, 0.25) is 5.02 Å². The van der Waals surface area contributed by atoms with Crippen LogP contribution in [0.25, 0.3) is 0 Å². The summed E-state index contributed by atoms with van der Waals surface area (Å²) in [6.07, 6.45) is 0.781. The summed E-state index contributed by atoms with van der Waals surface area (Å²) in [5.41, 5.74) is 2.31. The highest BCUT2D eigenvalue weighted by molar-refractivity contribution is 6.31. The van der Waals surface area contributed by atoms with Crippen LogP contribution in [0, 0.1) is 6.92 Å². The summed E-state index contributed by atoms with van der Waals surface area (Å²) in [4.78, 5) is 2.40. The fourth-order valence-corrected chi connectivity index (χ4v) is 2.89. The van der Waals surface area contributed by atoms with Crippen molar-refractivity contribution in [3.05, 3.63) is 28.8 Å². The maximum atomic E-state index is 9.21. The average Bonchev–Trinajstić information content (AvgIpc) is 2.34. The van der Waals surface area contributed by atoms with Crippen LogP contribution in [0.5, 0.6) is 0 Å². The van der Waals surface area contributed by atoms with E-state index in [1.54, 1.807) is 0 Å². The molecule has 3 nitrogen and oxygen atoms in total. The van der Waals surface area contributed by atoms with Crippen molar-refractivity contribution in [3.8, 4) is 0 Å². The Morgan fingerprint density at radius 1 is 1.44 bits per heavy atom. The summed E-state index contributed by atoms with van der Waals surface area (Å²) in [5.74, 6) is 0. The number of hydrogen-bond acceptors (Lipinski definition) is 3. The summed E-state index contributed by atoms with van der Waals surface area (Å²) in [5, 5.41) is 13.4. The SMILES string of the molecule is Cc1c(Cl)cccc1N1C(C)CNCC1CCO. The van der Waals surface area contributed by atoms with Crippen molar-refractivity contribution in [2.24, 2.45) is 0 Å². The number of aliphatic hydroxyl groups excluding tert-OH is 1. The number of benzene rings is 1. The van der Waals surface area contributed by atoms with E-state index in [1.165, 1.54) is 5.69 Å². The van der Waals surface area contributed by atoms with Gasteiger partial charge >= 0.3 is 0 Å². The molecule has 0 saturated carbocycles. The number of halogens is 1. The van der Waals surface area contributed by atoms with Crippen LogP contribution in [-0.2, 0) is 0 Å². The number of nitrogens with zero attached hydrogens (tertiary/aromatic N) is 1. The Balaban J connectivity index is 2.34. The molecule has 4 heteroatoms. The molecule has 2 N–H and O–H groups in total. The van der Waals surface area contributed by atoms with Gasteiger partial charge in [-0.15, -0.1) is 0 Å². The van der Waals surface area contributed by atoms with Gasteiger partial charge in [-0.1, -0.05) is 17.7 Å². The molecule has 0 radical (unpaired) electrons. The highest BCUT2D eigenvalue weighted by atomic mass is 35.5. The average molecular weight is 269 g/mol. The molecule has 18 heavy (non-hydrogen) atoms. The van der Waals surface area contributed by atoms with Crippen LogP contribution >= 0.6 is 11.6 Å². The van der Waals surface area contributed by atoms with E-state index in [9.17, 15) is 5.11 Å². The zero-order valence-corrected chi connectivity index (χ0v) is 11.7. The van der Waals surface area contributed by atoms with Gasteiger partial charge in [-0.25, -0.2) is 0 Å². The highest BCUT2D eigenvalue weighted by Crippen LogP contribution is 2.30. The molecule has 1 aromatic rings. The number of aliphatic hydroxyl groups is 1. The van der Waals surface area contributed by atoms with Gasteiger partial charge in [-0.3, -0.25) is 0 Å². The molecule has 1 aromatic carbocycles. The molecule has 0 aliphatic carbocycles. The van der Waals surface area contributed by atoms with Crippen molar-refractivity contribution in [1.29, 1.82) is 0 Å². The van der Waals surface area contributed by atoms with Crippen molar-refractivity contribution < 1.29 is 5.11 Å². The van der Waals surface area contributed by atoms with Crippen LogP contribution < -0.4 is 10.2 Å². The van der Waals surface area contributed by atoms with Gasteiger partial charge in [-0.2, -0.15) is 0 Å². The molecule has 1 aliphatic rings. The Bertz CT molecular complexity index is 409. The number of piperazine rings is 1. The van der Waals surface area contributed by atoms with E-state index in [1.807, 2.05) is 12.1 Å². The van der Waals surface area contributed by atoms with Crippen LogP contribution in [0.3, 0.4) is 0 Å². The van der Waals surface area contributed by atoms with E-state index in [2.05, 4.69) is 30.1 Å². The lowest BCUT2D eigenvalue weighted by atomic mass is 10.0. The molecular weight excluding hydrogens is 248 g/mol. The van der Waals surface area contributed by atoms with Crippen molar-refractivity contribution in [3.63, 3.8) is 0 Å². The zero-order valence-electron chi connectivity index (χ0n) is 11.0. The molecule has 2 rings (SSSR count). The molecule has 1 saturated heterocycles. The van der Waals surface area contributed by atoms with E-state index in [0.29, 0.717) is 12.1 Å². The van der Waals surface area contributed by atoms with Crippen LogP contribution in [0.4, 0.5) is 5.69 Å². The molecule has 0 amide bonds. The van der Waals surface area contributed by atoms with Gasteiger partial charge in [0.25, 0.3) is 0 Å². The predicted octanol–water partition coefficient (Wildman–Crippen LogP) is 2.20. The second-order valence-corrected chi connectivity index (χ2v) is 5.37. The van der Waals surface area contributed by atoms with Gasteiger partial charge < -0.3 is 15.3 Å². The summed E-state index contributed by atoms with van der Waals surface area (Å²) in [6.45, 7) is 6.36. The Morgan fingerprint density at radius 2 is 2.22 bits per heavy atom. The third-order valence-electron chi connectivity index (χ3n) is 3.67. The fraction of sp³-hybridized carbons (Fsp3) is 0.571. The molecule has 1 heterocycles. The highest BCUT2D eigenvalue weighted by Gasteiger charge is 2.28. The molecule has 2 unspecified atom stereocenters. The smallest absolute Gasteiger partial charge is 0.0455 e. The van der Waals surface area contributed by atoms with E-state index >= 15 is 0 Å². The standard InChI is InChI=1S/C14H21ClN2O/c1-10-8-16-9-12(6-7-18)17(10)14-5-3-4-13(15)11(14)2/h3-5,10,12,16,18H,6-9H2,1-2H3. The molecule has 1 fully saturated rings. The lowest BCUT2D eigenvalue weighted by Crippen LogP contribution is -2.57. The first-order valence-corrected chi connectivity index (χ1v) is 6.88. The monoisotopic (exact) mass is 268 g/mol. The minimum Gasteiger partial charge on any atom is -0.396 e. The maximum Gasteiger partial charge on any atom is 0.0455 e. The first kappa shape index (κ1) is 13.7.